The molecular weight excluding hydrogens is 260 g/mol. The van der Waals surface area contributed by atoms with Gasteiger partial charge in [-0.15, -0.1) is 0 Å². The Labute approximate surface area is 123 Å². The van der Waals surface area contributed by atoms with Crippen LogP contribution in [0.5, 0.6) is 0 Å². The quantitative estimate of drug-likeness (QED) is 0.788. The highest BCUT2D eigenvalue weighted by Gasteiger charge is 2.06. The number of anilines is 2. The molecule has 0 saturated carbocycles. The fourth-order valence-electron chi connectivity index (χ4n) is 2.06. The van der Waals surface area contributed by atoms with Crippen molar-refractivity contribution in [1.29, 1.82) is 0 Å². The second-order valence-corrected chi connectivity index (χ2v) is 4.96. The van der Waals surface area contributed by atoms with Crippen molar-refractivity contribution in [2.75, 3.05) is 5.32 Å². The Kier molecular flexibility index (Phi) is 3.60. The monoisotopic (exact) mass is 276 g/mol. The van der Waals surface area contributed by atoms with Gasteiger partial charge in [0.25, 0.3) is 0 Å². The third-order valence-electron chi connectivity index (χ3n) is 3.19. The van der Waals surface area contributed by atoms with E-state index in [0.717, 1.165) is 28.5 Å². The number of nitrogens with one attached hydrogen (secondary N) is 1. The van der Waals surface area contributed by atoms with Gasteiger partial charge in [-0.05, 0) is 32.0 Å². The molecule has 0 atom stereocenters. The summed E-state index contributed by atoms with van der Waals surface area (Å²) in [6.07, 6.45) is 5.34. The van der Waals surface area contributed by atoms with Gasteiger partial charge in [0.05, 0.1) is 0 Å². The Morgan fingerprint density at radius 1 is 1.00 bits per heavy atom. The molecule has 3 aromatic rings. The van der Waals surface area contributed by atoms with Crippen molar-refractivity contribution in [2.45, 2.75) is 13.8 Å². The molecule has 0 saturated heterocycles. The van der Waals surface area contributed by atoms with Crippen molar-refractivity contribution in [3.8, 4) is 11.4 Å². The SMILES string of the molecule is Cc1cccc(-c2ncc(C)c(Nc3ccncc3)n2)c1. The van der Waals surface area contributed by atoms with Gasteiger partial charge in [0.1, 0.15) is 5.82 Å². The highest BCUT2D eigenvalue weighted by atomic mass is 15.0. The predicted octanol–water partition coefficient (Wildman–Crippen LogP) is 3.90. The van der Waals surface area contributed by atoms with Crippen LogP contribution in [0.3, 0.4) is 0 Å². The van der Waals surface area contributed by atoms with Crippen LogP contribution in [0.2, 0.25) is 0 Å². The van der Waals surface area contributed by atoms with E-state index < -0.39 is 0 Å². The van der Waals surface area contributed by atoms with E-state index in [1.807, 2.05) is 37.4 Å². The Morgan fingerprint density at radius 2 is 1.81 bits per heavy atom. The van der Waals surface area contributed by atoms with Crippen LogP contribution in [-0.4, -0.2) is 15.0 Å². The molecule has 0 unspecified atom stereocenters. The van der Waals surface area contributed by atoms with Crippen molar-refractivity contribution < 1.29 is 0 Å². The van der Waals surface area contributed by atoms with Crippen molar-refractivity contribution in [2.24, 2.45) is 0 Å². The molecule has 0 amide bonds. The molecule has 21 heavy (non-hydrogen) atoms. The molecule has 0 aliphatic rings. The largest absolute Gasteiger partial charge is 0.340 e. The van der Waals surface area contributed by atoms with E-state index in [0.29, 0.717) is 0 Å². The molecule has 2 aromatic heterocycles. The first-order valence-corrected chi connectivity index (χ1v) is 6.80. The van der Waals surface area contributed by atoms with E-state index in [4.69, 9.17) is 0 Å². The first kappa shape index (κ1) is 13.2. The summed E-state index contributed by atoms with van der Waals surface area (Å²) in [6.45, 7) is 4.05. The van der Waals surface area contributed by atoms with Gasteiger partial charge in [-0.25, -0.2) is 9.97 Å². The lowest BCUT2D eigenvalue weighted by molar-refractivity contribution is 1.14. The number of nitrogens with zero attached hydrogens (tertiary/aromatic N) is 3. The summed E-state index contributed by atoms with van der Waals surface area (Å²) in [7, 11) is 0. The first-order valence-electron chi connectivity index (χ1n) is 6.80. The molecule has 2 heterocycles. The van der Waals surface area contributed by atoms with Crippen LogP contribution >= 0.6 is 0 Å². The van der Waals surface area contributed by atoms with Crippen LogP contribution in [0.4, 0.5) is 11.5 Å². The van der Waals surface area contributed by atoms with E-state index in [9.17, 15) is 0 Å². The summed E-state index contributed by atoms with van der Waals surface area (Å²) < 4.78 is 0. The van der Waals surface area contributed by atoms with Gasteiger partial charge >= 0.3 is 0 Å². The normalized spacial score (nSPS) is 10.4. The molecule has 1 aromatic carbocycles. The summed E-state index contributed by atoms with van der Waals surface area (Å²) in [6, 6.07) is 12.0. The number of aryl methyl sites for hydroxylation is 2. The van der Waals surface area contributed by atoms with Crippen molar-refractivity contribution in [1.82, 2.24) is 15.0 Å². The number of pyridine rings is 1. The lowest BCUT2D eigenvalue weighted by Gasteiger charge is -2.10. The fraction of sp³-hybridized carbons (Fsp3) is 0.118. The Balaban J connectivity index is 1.97. The van der Waals surface area contributed by atoms with Gasteiger partial charge in [-0.3, -0.25) is 4.98 Å². The van der Waals surface area contributed by atoms with Crippen molar-refractivity contribution >= 4 is 11.5 Å². The lowest BCUT2D eigenvalue weighted by Crippen LogP contribution is -2.00. The van der Waals surface area contributed by atoms with Crippen LogP contribution in [0.15, 0.2) is 55.0 Å². The Hall–Kier alpha value is -2.75. The average Bonchev–Trinajstić information content (AvgIpc) is 2.50. The van der Waals surface area contributed by atoms with Crippen LogP contribution in [0.25, 0.3) is 11.4 Å². The van der Waals surface area contributed by atoms with Gasteiger partial charge in [0, 0.05) is 35.4 Å². The van der Waals surface area contributed by atoms with Crippen LogP contribution in [0.1, 0.15) is 11.1 Å². The van der Waals surface area contributed by atoms with E-state index in [1.165, 1.54) is 5.56 Å². The molecule has 1 N–H and O–H groups in total. The molecule has 0 spiro atoms. The van der Waals surface area contributed by atoms with E-state index in [1.54, 1.807) is 12.4 Å². The fourth-order valence-corrected chi connectivity index (χ4v) is 2.06. The van der Waals surface area contributed by atoms with Crippen molar-refractivity contribution in [3.05, 3.63) is 66.1 Å². The molecular formula is C17H16N4. The molecule has 0 radical (unpaired) electrons. The highest BCUT2D eigenvalue weighted by Crippen LogP contribution is 2.22. The average molecular weight is 276 g/mol. The smallest absolute Gasteiger partial charge is 0.161 e. The minimum Gasteiger partial charge on any atom is -0.340 e. The van der Waals surface area contributed by atoms with Gasteiger partial charge in [-0.1, -0.05) is 23.8 Å². The lowest BCUT2D eigenvalue weighted by atomic mass is 10.1. The third-order valence-corrected chi connectivity index (χ3v) is 3.19. The second kappa shape index (κ2) is 5.71. The molecule has 0 fully saturated rings. The number of hydrogen-bond acceptors (Lipinski definition) is 4. The predicted molar refractivity (Wildman–Crippen MR) is 84.5 cm³/mol. The van der Waals surface area contributed by atoms with Gasteiger partial charge in [0.15, 0.2) is 5.82 Å². The zero-order valence-corrected chi connectivity index (χ0v) is 12.0. The van der Waals surface area contributed by atoms with Gasteiger partial charge in [0.2, 0.25) is 0 Å². The molecule has 4 nitrogen and oxygen atoms in total. The number of rotatable bonds is 3. The molecule has 104 valence electrons. The van der Waals surface area contributed by atoms with E-state index >= 15 is 0 Å². The molecule has 0 aliphatic heterocycles. The van der Waals surface area contributed by atoms with Gasteiger partial charge in [-0.2, -0.15) is 0 Å². The summed E-state index contributed by atoms with van der Waals surface area (Å²) in [4.78, 5) is 13.1. The molecule has 4 heteroatoms. The standard InChI is InChI=1S/C17H16N4/c1-12-4-3-5-14(10-12)17-19-11-13(2)16(21-17)20-15-6-8-18-9-7-15/h3-11H,1-2H3,(H,18,19,20,21). The molecule has 0 aliphatic carbocycles. The second-order valence-electron chi connectivity index (χ2n) is 4.96. The minimum absolute atomic E-state index is 0.723. The molecule has 3 rings (SSSR count). The Morgan fingerprint density at radius 3 is 2.57 bits per heavy atom. The van der Waals surface area contributed by atoms with E-state index in [-0.39, 0.29) is 0 Å². The zero-order chi connectivity index (χ0) is 14.7. The third kappa shape index (κ3) is 3.05. The zero-order valence-electron chi connectivity index (χ0n) is 12.0. The van der Waals surface area contributed by atoms with Crippen LogP contribution < -0.4 is 5.32 Å². The maximum atomic E-state index is 4.64. The first-order chi connectivity index (χ1) is 10.2. The van der Waals surface area contributed by atoms with Crippen molar-refractivity contribution in [3.63, 3.8) is 0 Å². The van der Waals surface area contributed by atoms with Gasteiger partial charge < -0.3 is 5.32 Å². The van der Waals surface area contributed by atoms with Crippen LogP contribution in [-0.2, 0) is 0 Å². The number of aromatic nitrogens is 3. The van der Waals surface area contributed by atoms with E-state index in [2.05, 4.69) is 39.3 Å². The number of benzene rings is 1. The summed E-state index contributed by atoms with van der Waals surface area (Å²) in [5.74, 6) is 1.54. The summed E-state index contributed by atoms with van der Waals surface area (Å²) in [5, 5.41) is 3.31. The number of hydrogen-bond donors (Lipinski definition) is 1. The summed E-state index contributed by atoms with van der Waals surface area (Å²) >= 11 is 0. The minimum atomic E-state index is 0.723. The maximum absolute atomic E-state index is 4.64. The topological polar surface area (TPSA) is 50.7 Å². The molecule has 0 bridgehead atoms. The Bertz CT molecular complexity index is 754. The van der Waals surface area contributed by atoms with Crippen LogP contribution in [0, 0.1) is 13.8 Å². The highest BCUT2D eigenvalue weighted by molar-refractivity contribution is 5.63. The maximum Gasteiger partial charge on any atom is 0.161 e. The summed E-state index contributed by atoms with van der Waals surface area (Å²) in [5.41, 5.74) is 4.18.